The molecule has 0 aliphatic rings. The molecule has 0 radical (unpaired) electrons. The average molecular weight is 463 g/mol. The van der Waals surface area contributed by atoms with Gasteiger partial charge in [0.25, 0.3) is 5.56 Å². The normalized spacial score (nSPS) is 10.9. The number of esters is 1. The number of anilines is 1. The van der Waals surface area contributed by atoms with Crippen LogP contribution < -0.4 is 10.9 Å². The molecule has 0 aliphatic carbocycles. The van der Waals surface area contributed by atoms with Gasteiger partial charge in [0.2, 0.25) is 5.91 Å². The molecule has 4 aromatic rings. The Bertz CT molecular complexity index is 1410. The number of benzene rings is 2. The van der Waals surface area contributed by atoms with Crippen LogP contribution in [0.4, 0.5) is 10.1 Å². The molecule has 1 amide bonds. The second-order valence-electron chi connectivity index (χ2n) is 7.48. The molecule has 9 nitrogen and oxygen atoms in total. The zero-order valence-electron chi connectivity index (χ0n) is 18.6. The van der Waals surface area contributed by atoms with Gasteiger partial charge in [-0.2, -0.15) is 5.10 Å². The third-order valence-corrected chi connectivity index (χ3v) is 5.19. The minimum Gasteiger partial charge on any atom is -0.462 e. The highest BCUT2D eigenvalue weighted by Gasteiger charge is 2.15. The number of hydrogen-bond acceptors (Lipinski definition) is 6. The van der Waals surface area contributed by atoms with Crippen LogP contribution in [0.15, 0.2) is 59.5 Å². The summed E-state index contributed by atoms with van der Waals surface area (Å²) in [5.41, 5.74) is 1.53. The molecular formula is C24H22FN5O4. The second-order valence-corrected chi connectivity index (χ2v) is 7.48. The predicted molar refractivity (Wildman–Crippen MR) is 123 cm³/mol. The van der Waals surface area contributed by atoms with Crippen LogP contribution in [0, 0.1) is 12.7 Å². The maximum absolute atomic E-state index is 13.2. The van der Waals surface area contributed by atoms with Gasteiger partial charge in [0.1, 0.15) is 17.0 Å². The minimum absolute atomic E-state index is 0.0413. The van der Waals surface area contributed by atoms with Gasteiger partial charge in [0, 0.05) is 18.7 Å². The van der Waals surface area contributed by atoms with Crippen molar-refractivity contribution in [2.24, 2.45) is 0 Å². The van der Waals surface area contributed by atoms with E-state index in [0.717, 1.165) is 0 Å². The molecule has 34 heavy (non-hydrogen) atoms. The van der Waals surface area contributed by atoms with E-state index in [2.05, 4.69) is 15.4 Å². The highest BCUT2D eigenvalue weighted by molar-refractivity contribution is 5.93. The van der Waals surface area contributed by atoms with Crippen LogP contribution in [0.5, 0.6) is 0 Å². The molecule has 0 atom stereocenters. The molecule has 0 fully saturated rings. The molecule has 4 rings (SSSR count). The third kappa shape index (κ3) is 4.70. The lowest BCUT2D eigenvalue weighted by Gasteiger charge is -2.11. The largest absolute Gasteiger partial charge is 0.462 e. The van der Waals surface area contributed by atoms with Gasteiger partial charge in [-0.15, -0.1) is 0 Å². The summed E-state index contributed by atoms with van der Waals surface area (Å²) in [7, 11) is 0. The second kappa shape index (κ2) is 9.65. The van der Waals surface area contributed by atoms with Crippen LogP contribution >= 0.6 is 0 Å². The quantitative estimate of drug-likeness (QED) is 0.422. The third-order valence-electron chi connectivity index (χ3n) is 5.19. The van der Waals surface area contributed by atoms with Crippen molar-refractivity contribution in [2.75, 3.05) is 11.9 Å². The Morgan fingerprint density at radius 2 is 1.79 bits per heavy atom. The highest BCUT2D eigenvalue weighted by Crippen LogP contribution is 2.16. The zero-order chi connectivity index (χ0) is 24.2. The molecule has 0 saturated heterocycles. The fraction of sp³-hybridized carbons (Fsp3) is 0.208. The molecule has 0 aliphatic heterocycles. The Balaban J connectivity index is 1.47. The van der Waals surface area contributed by atoms with Crippen molar-refractivity contribution in [2.45, 2.75) is 26.8 Å². The van der Waals surface area contributed by atoms with Crippen LogP contribution in [0.3, 0.4) is 0 Å². The Morgan fingerprint density at radius 1 is 1.09 bits per heavy atom. The van der Waals surface area contributed by atoms with Gasteiger partial charge in [-0.1, -0.05) is 0 Å². The molecule has 0 bridgehead atoms. The number of aromatic nitrogens is 4. The standard InChI is InChI=1S/C24H22FN5O4/c1-3-34-24(33)16-4-8-18(9-5-16)28-21(31)12-13-29-15(2)27-22-20(23(29)32)14-26-30(22)19-10-6-17(25)7-11-19/h4-11,14H,3,12-13H2,1-2H3,(H,28,31). The van der Waals surface area contributed by atoms with E-state index in [-0.39, 0.29) is 36.9 Å². The zero-order valence-corrected chi connectivity index (χ0v) is 18.6. The average Bonchev–Trinajstić information content (AvgIpc) is 3.24. The van der Waals surface area contributed by atoms with E-state index in [4.69, 9.17) is 4.74 Å². The van der Waals surface area contributed by atoms with E-state index in [9.17, 15) is 18.8 Å². The molecule has 1 N–H and O–H groups in total. The number of nitrogens with one attached hydrogen (secondary N) is 1. The summed E-state index contributed by atoms with van der Waals surface area (Å²) in [6, 6.07) is 12.1. The molecule has 2 heterocycles. The molecule has 10 heteroatoms. The van der Waals surface area contributed by atoms with Gasteiger partial charge in [-0.25, -0.2) is 18.9 Å². The van der Waals surface area contributed by atoms with E-state index >= 15 is 0 Å². The number of halogens is 1. The Hall–Kier alpha value is -4.34. The molecule has 174 valence electrons. The van der Waals surface area contributed by atoms with Gasteiger partial charge in [-0.3, -0.25) is 14.2 Å². The van der Waals surface area contributed by atoms with Gasteiger partial charge < -0.3 is 10.1 Å². The monoisotopic (exact) mass is 463 g/mol. The minimum atomic E-state index is -0.430. The van der Waals surface area contributed by atoms with Gasteiger partial charge in [0.05, 0.1) is 24.1 Å². The van der Waals surface area contributed by atoms with Crippen LogP contribution in [0.2, 0.25) is 0 Å². The Kier molecular flexibility index (Phi) is 6.48. The summed E-state index contributed by atoms with van der Waals surface area (Å²) in [5, 5.41) is 7.27. The van der Waals surface area contributed by atoms with E-state index in [0.29, 0.717) is 33.8 Å². The van der Waals surface area contributed by atoms with Crippen LogP contribution in [0.25, 0.3) is 16.7 Å². The first-order valence-corrected chi connectivity index (χ1v) is 10.7. The first-order chi connectivity index (χ1) is 16.4. The lowest BCUT2D eigenvalue weighted by Crippen LogP contribution is -2.26. The summed E-state index contributed by atoms with van der Waals surface area (Å²) in [6.07, 6.45) is 1.45. The van der Waals surface area contributed by atoms with Crippen molar-refractivity contribution in [3.8, 4) is 5.69 Å². The molecular weight excluding hydrogens is 441 g/mol. The van der Waals surface area contributed by atoms with Crippen LogP contribution in [-0.2, 0) is 16.1 Å². The first kappa shape index (κ1) is 22.8. The summed E-state index contributed by atoms with van der Waals surface area (Å²) in [6.45, 7) is 3.81. The molecule has 0 saturated carbocycles. The number of aryl methyl sites for hydroxylation is 1. The predicted octanol–water partition coefficient (Wildman–Crippen LogP) is 3.24. The number of rotatable bonds is 7. The number of carbonyl (C=O) groups is 2. The van der Waals surface area contributed by atoms with Gasteiger partial charge in [-0.05, 0) is 62.4 Å². The maximum Gasteiger partial charge on any atom is 0.338 e. The molecule has 2 aromatic heterocycles. The highest BCUT2D eigenvalue weighted by atomic mass is 19.1. The maximum atomic E-state index is 13.2. The number of carbonyl (C=O) groups excluding carboxylic acids is 2. The smallest absolute Gasteiger partial charge is 0.338 e. The van der Waals surface area contributed by atoms with Crippen molar-refractivity contribution in [3.63, 3.8) is 0 Å². The summed E-state index contributed by atoms with van der Waals surface area (Å²) in [5.74, 6) is -0.675. The van der Waals surface area contributed by atoms with Gasteiger partial charge >= 0.3 is 5.97 Å². The van der Waals surface area contributed by atoms with Crippen molar-refractivity contribution >= 4 is 28.6 Å². The van der Waals surface area contributed by atoms with Gasteiger partial charge in [0.15, 0.2) is 5.65 Å². The first-order valence-electron chi connectivity index (χ1n) is 10.7. The van der Waals surface area contributed by atoms with Crippen molar-refractivity contribution < 1.29 is 18.7 Å². The Labute approximate surface area is 193 Å². The molecule has 0 unspecified atom stereocenters. The van der Waals surface area contributed by atoms with E-state index in [1.807, 2.05) is 0 Å². The summed E-state index contributed by atoms with van der Waals surface area (Å²) >= 11 is 0. The Morgan fingerprint density at radius 3 is 2.47 bits per heavy atom. The fourth-order valence-corrected chi connectivity index (χ4v) is 3.48. The topological polar surface area (TPSA) is 108 Å². The summed E-state index contributed by atoms with van der Waals surface area (Å²) < 4.78 is 21.1. The number of nitrogens with zero attached hydrogens (tertiary/aromatic N) is 4. The number of ether oxygens (including phenoxy) is 1. The van der Waals surface area contributed by atoms with E-state index in [1.54, 1.807) is 50.2 Å². The SMILES string of the molecule is CCOC(=O)c1ccc(NC(=O)CCn2c(C)nc3c(cnn3-c3ccc(F)cc3)c2=O)cc1. The van der Waals surface area contributed by atoms with Crippen molar-refractivity contribution in [1.29, 1.82) is 0 Å². The number of hydrogen-bond donors (Lipinski definition) is 1. The van der Waals surface area contributed by atoms with E-state index < -0.39 is 5.97 Å². The number of amides is 1. The fourth-order valence-electron chi connectivity index (χ4n) is 3.48. The van der Waals surface area contributed by atoms with Crippen molar-refractivity contribution in [1.82, 2.24) is 19.3 Å². The lowest BCUT2D eigenvalue weighted by molar-refractivity contribution is -0.116. The summed E-state index contributed by atoms with van der Waals surface area (Å²) in [4.78, 5) is 41.6. The number of fused-ring (bicyclic) bond motifs is 1. The lowest BCUT2D eigenvalue weighted by atomic mass is 10.2. The van der Waals surface area contributed by atoms with Crippen LogP contribution in [-0.4, -0.2) is 37.8 Å². The molecule has 2 aromatic carbocycles. The molecule has 0 spiro atoms. The van der Waals surface area contributed by atoms with E-state index in [1.165, 1.54) is 27.6 Å². The van der Waals surface area contributed by atoms with Crippen LogP contribution in [0.1, 0.15) is 29.5 Å². The van der Waals surface area contributed by atoms with Crippen molar-refractivity contribution in [3.05, 3.63) is 82.3 Å².